The van der Waals surface area contributed by atoms with Crippen molar-refractivity contribution in [1.29, 1.82) is 0 Å². The van der Waals surface area contributed by atoms with Crippen molar-refractivity contribution in [3.8, 4) is 0 Å². The summed E-state index contributed by atoms with van der Waals surface area (Å²) in [7, 11) is 0. The molecule has 0 saturated heterocycles. The van der Waals surface area contributed by atoms with E-state index >= 15 is 0 Å². The fourth-order valence-electron chi connectivity index (χ4n) is 2.01. The average molecular weight is 270 g/mol. The predicted molar refractivity (Wildman–Crippen MR) is 82.6 cm³/mol. The van der Waals surface area contributed by atoms with Gasteiger partial charge in [-0.05, 0) is 19.0 Å². The molecule has 4 nitrogen and oxygen atoms in total. The Kier molecular flexibility index (Phi) is 5.50. The molecule has 1 heterocycles. The third-order valence-electron chi connectivity index (χ3n) is 3.17. The second-order valence-corrected chi connectivity index (χ2v) is 4.65. The van der Waals surface area contributed by atoms with Crippen LogP contribution >= 0.6 is 0 Å². The van der Waals surface area contributed by atoms with Crippen molar-refractivity contribution < 1.29 is 0 Å². The van der Waals surface area contributed by atoms with Gasteiger partial charge in [-0.1, -0.05) is 37.3 Å². The molecule has 1 N–H and O–H groups in total. The van der Waals surface area contributed by atoms with Gasteiger partial charge in [-0.3, -0.25) is 4.98 Å². The summed E-state index contributed by atoms with van der Waals surface area (Å²) in [6, 6.07) is 10.4. The summed E-state index contributed by atoms with van der Waals surface area (Å²) in [5, 5.41) is 3.25. The van der Waals surface area contributed by atoms with E-state index in [1.54, 1.807) is 0 Å². The molecular weight excluding hydrogens is 248 g/mol. The van der Waals surface area contributed by atoms with Crippen LogP contribution < -0.4 is 10.2 Å². The highest BCUT2D eigenvalue weighted by Gasteiger charge is 2.07. The molecule has 0 aliphatic carbocycles. The van der Waals surface area contributed by atoms with Crippen LogP contribution in [0.4, 0.5) is 5.82 Å². The molecule has 2 rings (SSSR count). The molecule has 4 heteroatoms. The summed E-state index contributed by atoms with van der Waals surface area (Å²) in [6.45, 7) is 7.71. The lowest BCUT2D eigenvalue weighted by Gasteiger charge is -2.21. The second kappa shape index (κ2) is 7.60. The summed E-state index contributed by atoms with van der Waals surface area (Å²) in [6.07, 6.45) is 3.71. The molecule has 20 heavy (non-hydrogen) atoms. The maximum Gasteiger partial charge on any atom is 0.147 e. The van der Waals surface area contributed by atoms with Crippen LogP contribution in [0.1, 0.15) is 25.1 Å². The van der Waals surface area contributed by atoms with Crippen molar-refractivity contribution in [1.82, 2.24) is 15.3 Å². The zero-order chi connectivity index (χ0) is 14.2. The maximum atomic E-state index is 4.52. The SMILES string of the molecule is CCNCc1cnc(N(CC)Cc2ccccc2)cn1. The summed E-state index contributed by atoms with van der Waals surface area (Å²) < 4.78 is 0. The van der Waals surface area contributed by atoms with E-state index in [0.29, 0.717) is 0 Å². The summed E-state index contributed by atoms with van der Waals surface area (Å²) >= 11 is 0. The molecule has 0 aliphatic heterocycles. The number of hydrogen-bond acceptors (Lipinski definition) is 4. The summed E-state index contributed by atoms with van der Waals surface area (Å²) in [5.74, 6) is 0.927. The Morgan fingerprint density at radius 3 is 2.45 bits per heavy atom. The van der Waals surface area contributed by atoms with E-state index in [2.05, 4.69) is 58.3 Å². The quantitative estimate of drug-likeness (QED) is 0.839. The van der Waals surface area contributed by atoms with Gasteiger partial charge in [0, 0.05) is 19.6 Å². The smallest absolute Gasteiger partial charge is 0.147 e. The van der Waals surface area contributed by atoms with Crippen LogP contribution in [0.3, 0.4) is 0 Å². The lowest BCUT2D eigenvalue weighted by molar-refractivity contribution is 0.704. The largest absolute Gasteiger partial charge is 0.351 e. The van der Waals surface area contributed by atoms with E-state index in [4.69, 9.17) is 0 Å². The van der Waals surface area contributed by atoms with Crippen LogP contribution in [0.2, 0.25) is 0 Å². The standard InChI is InChI=1S/C16H22N4/c1-3-17-10-15-11-19-16(12-18-15)20(4-2)13-14-8-6-5-7-9-14/h5-9,11-12,17H,3-4,10,13H2,1-2H3. The molecule has 0 bridgehead atoms. The minimum absolute atomic E-state index is 0.772. The van der Waals surface area contributed by atoms with Gasteiger partial charge in [0.25, 0.3) is 0 Å². The molecule has 1 aromatic carbocycles. The molecule has 0 aliphatic rings. The minimum Gasteiger partial charge on any atom is -0.351 e. The molecule has 0 spiro atoms. The molecule has 0 fully saturated rings. The molecule has 1 aromatic heterocycles. The van der Waals surface area contributed by atoms with E-state index < -0.39 is 0 Å². The molecule has 0 atom stereocenters. The topological polar surface area (TPSA) is 41.1 Å². The van der Waals surface area contributed by atoms with Crippen molar-refractivity contribution in [2.24, 2.45) is 0 Å². The van der Waals surface area contributed by atoms with E-state index in [9.17, 15) is 0 Å². The van der Waals surface area contributed by atoms with Crippen LogP contribution in [0.25, 0.3) is 0 Å². The maximum absolute atomic E-state index is 4.52. The Hall–Kier alpha value is -1.94. The van der Waals surface area contributed by atoms with Gasteiger partial charge < -0.3 is 10.2 Å². The van der Waals surface area contributed by atoms with Crippen LogP contribution in [0, 0.1) is 0 Å². The van der Waals surface area contributed by atoms with E-state index in [-0.39, 0.29) is 0 Å². The van der Waals surface area contributed by atoms with Crippen molar-refractivity contribution in [2.75, 3.05) is 18.0 Å². The van der Waals surface area contributed by atoms with Crippen LogP contribution in [-0.4, -0.2) is 23.1 Å². The average Bonchev–Trinajstić information content (AvgIpc) is 2.52. The summed E-state index contributed by atoms with van der Waals surface area (Å²) in [4.78, 5) is 11.2. The molecule has 106 valence electrons. The van der Waals surface area contributed by atoms with Gasteiger partial charge in [0.2, 0.25) is 0 Å². The van der Waals surface area contributed by atoms with Crippen LogP contribution in [0.5, 0.6) is 0 Å². The Morgan fingerprint density at radius 1 is 1.05 bits per heavy atom. The molecule has 0 radical (unpaired) electrons. The van der Waals surface area contributed by atoms with E-state index in [1.165, 1.54) is 5.56 Å². The highest BCUT2D eigenvalue weighted by Crippen LogP contribution is 2.13. The fraction of sp³-hybridized carbons (Fsp3) is 0.375. The zero-order valence-electron chi connectivity index (χ0n) is 12.2. The Morgan fingerprint density at radius 2 is 1.85 bits per heavy atom. The molecule has 0 saturated carbocycles. The van der Waals surface area contributed by atoms with Gasteiger partial charge >= 0.3 is 0 Å². The van der Waals surface area contributed by atoms with E-state index in [1.807, 2.05) is 18.5 Å². The molecule has 2 aromatic rings. The summed E-state index contributed by atoms with van der Waals surface area (Å²) in [5.41, 5.74) is 2.26. The highest BCUT2D eigenvalue weighted by molar-refractivity contribution is 5.37. The van der Waals surface area contributed by atoms with Gasteiger partial charge in [0.05, 0.1) is 18.1 Å². The van der Waals surface area contributed by atoms with Crippen LogP contribution in [0.15, 0.2) is 42.7 Å². The van der Waals surface area contributed by atoms with Crippen molar-refractivity contribution in [3.63, 3.8) is 0 Å². The molecule has 0 amide bonds. The van der Waals surface area contributed by atoms with Gasteiger partial charge in [0.15, 0.2) is 0 Å². The normalized spacial score (nSPS) is 10.5. The minimum atomic E-state index is 0.772. The first-order valence-electron chi connectivity index (χ1n) is 7.14. The van der Waals surface area contributed by atoms with Crippen LogP contribution in [-0.2, 0) is 13.1 Å². The number of nitrogens with one attached hydrogen (secondary N) is 1. The van der Waals surface area contributed by atoms with Crippen molar-refractivity contribution in [3.05, 3.63) is 54.0 Å². The predicted octanol–water partition coefficient (Wildman–Crippen LogP) is 2.61. The van der Waals surface area contributed by atoms with Gasteiger partial charge in [0.1, 0.15) is 5.82 Å². The number of nitrogens with zero attached hydrogens (tertiary/aromatic N) is 3. The second-order valence-electron chi connectivity index (χ2n) is 4.65. The first-order valence-corrected chi connectivity index (χ1v) is 7.14. The number of anilines is 1. The number of benzene rings is 1. The Balaban J connectivity index is 2.04. The monoisotopic (exact) mass is 270 g/mol. The first kappa shape index (κ1) is 14.5. The zero-order valence-corrected chi connectivity index (χ0v) is 12.2. The Bertz CT molecular complexity index is 496. The van der Waals surface area contributed by atoms with Crippen molar-refractivity contribution >= 4 is 5.82 Å². The van der Waals surface area contributed by atoms with Gasteiger partial charge in [-0.2, -0.15) is 0 Å². The van der Waals surface area contributed by atoms with Gasteiger partial charge in [-0.25, -0.2) is 4.98 Å². The highest BCUT2D eigenvalue weighted by atomic mass is 15.2. The number of rotatable bonds is 7. The molecule has 0 unspecified atom stereocenters. The number of hydrogen-bond donors (Lipinski definition) is 1. The fourth-order valence-corrected chi connectivity index (χ4v) is 2.01. The lowest BCUT2D eigenvalue weighted by atomic mass is 10.2. The molecular formula is C16H22N4. The number of aromatic nitrogens is 2. The van der Waals surface area contributed by atoms with E-state index in [0.717, 1.165) is 37.7 Å². The third-order valence-corrected chi connectivity index (χ3v) is 3.17. The Labute approximate surface area is 120 Å². The van der Waals surface area contributed by atoms with Crippen molar-refractivity contribution in [2.45, 2.75) is 26.9 Å². The first-order chi connectivity index (χ1) is 9.83. The van der Waals surface area contributed by atoms with Gasteiger partial charge in [-0.15, -0.1) is 0 Å². The lowest BCUT2D eigenvalue weighted by Crippen LogP contribution is -2.23. The third kappa shape index (κ3) is 4.03.